The van der Waals surface area contributed by atoms with Crippen LogP contribution in [0.1, 0.15) is 24.0 Å². The van der Waals surface area contributed by atoms with Gasteiger partial charge in [0, 0.05) is 106 Å². The molecule has 9 nitrogen and oxygen atoms in total. The Kier molecular flexibility index (Phi) is 11.5. The van der Waals surface area contributed by atoms with Crippen LogP contribution >= 0.6 is 0 Å². The van der Waals surface area contributed by atoms with Crippen molar-refractivity contribution in [3.05, 3.63) is 102 Å². The molecule has 50 heavy (non-hydrogen) atoms. The van der Waals surface area contributed by atoms with Gasteiger partial charge < -0.3 is 24.6 Å². The van der Waals surface area contributed by atoms with Gasteiger partial charge in [0.2, 0.25) is 0 Å². The summed E-state index contributed by atoms with van der Waals surface area (Å²) in [5.41, 5.74) is 7.10. The highest BCUT2D eigenvalue weighted by atomic mass is 15.2. The van der Waals surface area contributed by atoms with E-state index in [-0.39, 0.29) is 0 Å². The van der Waals surface area contributed by atoms with E-state index in [2.05, 4.69) is 117 Å². The van der Waals surface area contributed by atoms with Crippen molar-refractivity contribution < 1.29 is 0 Å². The molecule has 0 bridgehead atoms. The number of nitrogens with one attached hydrogen (secondary N) is 1. The van der Waals surface area contributed by atoms with Crippen LogP contribution in [0, 0.1) is 0 Å². The Hall–Kier alpha value is -4.54. The zero-order valence-corrected chi connectivity index (χ0v) is 29.3. The lowest BCUT2D eigenvalue weighted by molar-refractivity contribution is 0.153. The summed E-state index contributed by atoms with van der Waals surface area (Å²) >= 11 is 0. The summed E-state index contributed by atoms with van der Waals surface area (Å²) in [6.45, 7) is 13.0. The lowest BCUT2D eigenvalue weighted by Crippen LogP contribution is -2.44. The highest BCUT2D eigenvalue weighted by Gasteiger charge is 2.16. The number of rotatable bonds is 13. The van der Waals surface area contributed by atoms with Crippen molar-refractivity contribution in [3.63, 3.8) is 0 Å². The number of para-hydroxylation sites is 1. The molecule has 258 valence electrons. The van der Waals surface area contributed by atoms with Crippen molar-refractivity contribution in [3.8, 4) is 28.3 Å². The van der Waals surface area contributed by atoms with E-state index in [0.29, 0.717) is 5.82 Å². The van der Waals surface area contributed by atoms with Crippen molar-refractivity contribution in [1.82, 2.24) is 34.6 Å². The number of hydrogen-bond donors (Lipinski definition) is 1. The first-order valence-electron chi connectivity index (χ1n) is 18.2. The fraction of sp³-hybridized carbons (Fsp3) is 0.366. The highest BCUT2D eigenvalue weighted by Crippen LogP contribution is 2.31. The molecule has 9 heteroatoms. The van der Waals surface area contributed by atoms with E-state index in [4.69, 9.17) is 20.0 Å². The molecule has 0 amide bonds. The van der Waals surface area contributed by atoms with Gasteiger partial charge in [-0.3, -0.25) is 9.98 Å². The Labute approximate surface area is 296 Å². The van der Waals surface area contributed by atoms with Crippen LogP contribution in [0.3, 0.4) is 0 Å². The first-order valence-corrected chi connectivity index (χ1v) is 18.2. The van der Waals surface area contributed by atoms with Crippen molar-refractivity contribution in [2.45, 2.75) is 12.8 Å². The van der Waals surface area contributed by atoms with Gasteiger partial charge in [0.15, 0.2) is 5.82 Å². The molecule has 0 atom stereocenters. The first-order chi connectivity index (χ1) is 24.7. The third kappa shape index (κ3) is 8.78. The number of benzene rings is 3. The van der Waals surface area contributed by atoms with Crippen molar-refractivity contribution >= 4 is 23.5 Å². The SMILES string of the molecule is CN1CCN(CCCN=Cc2ccc(-c3nc(-c4ccc(C=NCCCN5CCNCC5)cc4)c4ccn(-c5ccccc5)c4n3)cc2)CC1. The van der Waals surface area contributed by atoms with Crippen LogP contribution in [0.25, 0.3) is 39.4 Å². The van der Waals surface area contributed by atoms with Gasteiger partial charge in [0.05, 0.1) is 5.69 Å². The fourth-order valence-corrected chi connectivity index (χ4v) is 6.72. The zero-order valence-electron chi connectivity index (χ0n) is 29.3. The van der Waals surface area contributed by atoms with Crippen LogP contribution in [0.4, 0.5) is 0 Å². The number of piperazine rings is 2. The molecular weight excluding hydrogens is 619 g/mol. The molecule has 0 unspecified atom stereocenters. The molecule has 7 rings (SSSR count). The first kappa shape index (κ1) is 33.9. The maximum Gasteiger partial charge on any atom is 0.162 e. The number of hydrogen-bond acceptors (Lipinski definition) is 8. The molecule has 2 aliphatic heterocycles. The van der Waals surface area contributed by atoms with Gasteiger partial charge in [0.1, 0.15) is 5.65 Å². The highest BCUT2D eigenvalue weighted by molar-refractivity contribution is 5.94. The maximum absolute atomic E-state index is 5.17. The van der Waals surface area contributed by atoms with E-state index in [1.807, 2.05) is 18.5 Å². The smallest absolute Gasteiger partial charge is 0.162 e. The number of nitrogens with zero attached hydrogens (tertiary/aromatic N) is 8. The monoisotopic (exact) mass is 667 g/mol. The minimum atomic E-state index is 0.703. The molecule has 2 aromatic heterocycles. The van der Waals surface area contributed by atoms with Crippen molar-refractivity contribution in [2.24, 2.45) is 9.98 Å². The minimum absolute atomic E-state index is 0.703. The van der Waals surface area contributed by atoms with Gasteiger partial charge in [-0.05, 0) is 62.3 Å². The van der Waals surface area contributed by atoms with Crippen LogP contribution in [0.15, 0.2) is 101 Å². The van der Waals surface area contributed by atoms with E-state index in [0.717, 1.165) is 136 Å². The topological polar surface area (TPSA) is 77.2 Å². The summed E-state index contributed by atoms with van der Waals surface area (Å²) in [7, 11) is 2.20. The molecule has 1 N–H and O–H groups in total. The summed E-state index contributed by atoms with van der Waals surface area (Å²) < 4.78 is 2.15. The second-order valence-electron chi connectivity index (χ2n) is 13.4. The molecule has 0 spiro atoms. The standard InChI is InChI=1S/C41H49N9/c1-47-27-29-49(30-28-47)23-6-19-44-32-34-11-15-36(16-12-34)40-45-39(38-17-24-50(41(38)46-40)37-7-3-2-4-8-37)35-13-9-33(10-14-35)31-43-18-5-22-48-25-20-42-21-26-48/h2-4,7-17,24,31-32,42H,5-6,18-23,25-30H2,1H3. The minimum Gasteiger partial charge on any atom is -0.314 e. The van der Waals surface area contributed by atoms with E-state index in [1.54, 1.807) is 0 Å². The second-order valence-corrected chi connectivity index (χ2v) is 13.4. The van der Waals surface area contributed by atoms with Gasteiger partial charge >= 0.3 is 0 Å². The Morgan fingerprint density at radius 2 is 1.26 bits per heavy atom. The van der Waals surface area contributed by atoms with Gasteiger partial charge in [0.25, 0.3) is 0 Å². The average molecular weight is 668 g/mol. The van der Waals surface area contributed by atoms with Crippen molar-refractivity contribution in [2.75, 3.05) is 85.6 Å². The molecule has 0 aliphatic carbocycles. The average Bonchev–Trinajstić information content (AvgIpc) is 3.60. The van der Waals surface area contributed by atoms with Crippen LogP contribution in [0.2, 0.25) is 0 Å². The van der Waals surface area contributed by atoms with E-state index in [9.17, 15) is 0 Å². The predicted octanol–water partition coefficient (Wildman–Crippen LogP) is 5.53. The quantitative estimate of drug-likeness (QED) is 0.132. The molecule has 0 radical (unpaired) electrons. The van der Waals surface area contributed by atoms with Crippen LogP contribution in [-0.2, 0) is 0 Å². The lowest BCUT2D eigenvalue weighted by atomic mass is 10.1. The third-order valence-corrected chi connectivity index (χ3v) is 9.74. The summed E-state index contributed by atoms with van der Waals surface area (Å²) in [5, 5.41) is 4.44. The molecule has 2 aliphatic rings. The molecule has 2 saturated heterocycles. The Bertz CT molecular complexity index is 1850. The van der Waals surface area contributed by atoms with E-state index >= 15 is 0 Å². The summed E-state index contributed by atoms with van der Waals surface area (Å²) in [6.07, 6.45) is 8.24. The Morgan fingerprint density at radius 1 is 0.660 bits per heavy atom. The summed E-state index contributed by atoms with van der Waals surface area (Å²) in [4.78, 5) is 27.2. The third-order valence-electron chi connectivity index (χ3n) is 9.74. The van der Waals surface area contributed by atoms with E-state index in [1.165, 1.54) is 0 Å². The van der Waals surface area contributed by atoms with Gasteiger partial charge in [-0.15, -0.1) is 0 Å². The number of likely N-dealkylation sites (N-methyl/N-ethyl adjacent to an activating group) is 1. The summed E-state index contributed by atoms with van der Waals surface area (Å²) in [5.74, 6) is 0.703. The normalized spacial score (nSPS) is 16.7. The Morgan fingerprint density at radius 3 is 1.90 bits per heavy atom. The van der Waals surface area contributed by atoms with Gasteiger partial charge in [-0.25, -0.2) is 9.97 Å². The number of aromatic nitrogens is 3. The van der Waals surface area contributed by atoms with Gasteiger partial charge in [-0.2, -0.15) is 0 Å². The zero-order chi connectivity index (χ0) is 34.0. The maximum atomic E-state index is 5.17. The van der Waals surface area contributed by atoms with Crippen LogP contribution in [0.5, 0.6) is 0 Å². The molecule has 2 fully saturated rings. The van der Waals surface area contributed by atoms with Crippen LogP contribution in [-0.4, -0.2) is 127 Å². The fourth-order valence-electron chi connectivity index (χ4n) is 6.72. The molecule has 4 heterocycles. The Balaban J connectivity index is 1.06. The van der Waals surface area contributed by atoms with Crippen molar-refractivity contribution in [1.29, 1.82) is 0 Å². The van der Waals surface area contributed by atoms with Crippen LogP contribution < -0.4 is 5.32 Å². The number of aliphatic imine (C=N–C) groups is 2. The lowest BCUT2D eigenvalue weighted by Gasteiger charge is -2.32. The molecule has 3 aromatic carbocycles. The molecule has 5 aromatic rings. The molecular formula is C41H49N9. The number of fused-ring (bicyclic) bond motifs is 1. The molecule has 0 saturated carbocycles. The van der Waals surface area contributed by atoms with E-state index < -0.39 is 0 Å². The predicted molar refractivity (Wildman–Crippen MR) is 207 cm³/mol. The second kappa shape index (κ2) is 16.9. The largest absolute Gasteiger partial charge is 0.314 e. The van der Waals surface area contributed by atoms with Gasteiger partial charge in [-0.1, -0.05) is 66.7 Å². The summed E-state index contributed by atoms with van der Waals surface area (Å²) in [6, 6.07) is 29.5.